The van der Waals surface area contributed by atoms with Crippen LogP contribution in [0.25, 0.3) is 0 Å². The zero-order chi connectivity index (χ0) is 14.5. The summed E-state index contributed by atoms with van der Waals surface area (Å²) in [5.41, 5.74) is 0. The number of unbranched alkanes of at least 4 members (excludes halogenated alkanes) is 1. The van der Waals surface area contributed by atoms with Crippen molar-refractivity contribution in [2.24, 2.45) is 4.99 Å². The molecule has 120 valence electrons. The molecule has 0 aliphatic rings. The van der Waals surface area contributed by atoms with E-state index in [2.05, 4.69) is 22.5 Å². The van der Waals surface area contributed by atoms with Crippen LogP contribution in [0.4, 0.5) is 0 Å². The van der Waals surface area contributed by atoms with Crippen LogP contribution >= 0.6 is 24.0 Å². The largest absolute Gasteiger partial charge is 0.357 e. The molecular formula is C14H31IN4O. The first kappa shape index (κ1) is 21.8. The number of nitrogens with zero attached hydrogens (tertiary/aromatic N) is 2. The highest BCUT2D eigenvalue weighted by molar-refractivity contribution is 14.0. The van der Waals surface area contributed by atoms with Crippen molar-refractivity contribution in [3.63, 3.8) is 0 Å². The summed E-state index contributed by atoms with van der Waals surface area (Å²) in [6.45, 7) is 12.1. The molecule has 2 N–H and O–H groups in total. The number of guanidine groups is 1. The Bertz CT molecular complexity index is 268. The fourth-order valence-electron chi connectivity index (χ4n) is 1.71. The standard InChI is InChI=1S/C14H30N4O.HI/c1-5-9-11-16-14(15-6-2)17-12-10-13(19)18(7-3)8-4;/h5-12H2,1-4H3,(H2,15,16,17);1H. The number of carbonyl (C=O) groups excluding carboxylic acids is 1. The molecule has 0 aliphatic carbocycles. The number of nitrogens with one attached hydrogen (secondary N) is 2. The summed E-state index contributed by atoms with van der Waals surface area (Å²) in [6.07, 6.45) is 2.75. The van der Waals surface area contributed by atoms with Gasteiger partial charge in [0, 0.05) is 39.1 Å². The lowest BCUT2D eigenvalue weighted by Gasteiger charge is -2.19. The second kappa shape index (κ2) is 14.9. The number of amides is 1. The van der Waals surface area contributed by atoms with Crippen LogP contribution in [0, 0.1) is 0 Å². The molecule has 20 heavy (non-hydrogen) atoms. The van der Waals surface area contributed by atoms with Gasteiger partial charge in [0.25, 0.3) is 0 Å². The predicted octanol–water partition coefficient (Wildman–Crippen LogP) is 2.22. The van der Waals surface area contributed by atoms with Crippen molar-refractivity contribution in [2.75, 3.05) is 32.7 Å². The molecule has 0 aliphatic heterocycles. The Hall–Kier alpha value is -0.530. The fourth-order valence-corrected chi connectivity index (χ4v) is 1.71. The highest BCUT2D eigenvalue weighted by Crippen LogP contribution is 1.93. The van der Waals surface area contributed by atoms with Crippen molar-refractivity contribution in [3.05, 3.63) is 0 Å². The molecule has 0 aromatic rings. The second-order valence-corrected chi connectivity index (χ2v) is 4.36. The quantitative estimate of drug-likeness (QED) is 0.271. The van der Waals surface area contributed by atoms with E-state index in [1.54, 1.807) is 0 Å². The molecular weight excluding hydrogens is 367 g/mol. The Morgan fingerprint density at radius 3 is 2.25 bits per heavy atom. The van der Waals surface area contributed by atoms with Gasteiger partial charge in [0.05, 0.1) is 0 Å². The van der Waals surface area contributed by atoms with Crippen LogP contribution in [0.1, 0.15) is 47.0 Å². The summed E-state index contributed by atoms with van der Waals surface area (Å²) >= 11 is 0. The maximum Gasteiger partial charge on any atom is 0.224 e. The molecule has 0 atom stereocenters. The molecule has 5 nitrogen and oxygen atoms in total. The molecule has 0 rings (SSSR count). The van der Waals surface area contributed by atoms with E-state index in [1.165, 1.54) is 0 Å². The van der Waals surface area contributed by atoms with E-state index in [-0.39, 0.29) is 29.9 Å². The highest BCUT2D eigenvalue weighted by Gasteiger charge is 2.08. The lowest BCUT2D eigenvalue weighted by atomic mass is 10.3. The molecule has 0 saturated heterocycles. The van der Waals surface area contributed by atoms with Crippen LogP contribution in [0.5, 0.6) is 0 Å². The van der Waals surface area contributed by atoms with Crippen LogP contribution in [-0.2, 0) is 4.79 Å². The van der Waals surface area contributed by atoms with Gasteiger partial charge in [0.2, 0.25) is 5.91 Å². The number of hydrogen-bond donors (Lipinski definition) is 2. The van der Waals surface area contributed by atoms with E-state index in [0.717, 1.165) is 45.0 Å². The lowest BCUT2D eigenvalue weighted by molar-refractivity contribution is -0.130. The first-order chi connectivity index (χ1) is 9.19. The summed E-state index contributed by atoms with van der Waals surface area (Å²) in [7, 11) is 0. The minimum absolute atomic E-state index is 0. The van der Waals surface area contributed by atoms with Crippen molar-refractivity contribution in [1.82, 2.24) is 15.5 Å². The molecule has 6 heteroatoms. The van der Waals surface area contributed by atoms with Gasteiger partial charge in [0.15, 0.2) is 5.96 Å². The van der Waals surface area contributed by atoms with Crippen molar-refractivity contribution in [2.45, 2.75) is 47.0 Å². The van der Waals surface area contributed by atoms with Crippen molar-refractivity contribution in [3.8, 4) is 0 Å². The number of aliphatic imine (C=N–C) groups is 1. The van der Waals surface area contributed by atoms with E-state index in [1.807, 2.05) is 25.7 Å². The average Bonchev–Trinajstić information content (AvgIpc) is 2.40. The molecule has 0 radical (unpaired) electrons. The van der Waals surface area contributed by atoms with Gasteiger partial charge in [-0.2, -0.15) is 0 Å². The minimum atomic E-state index is 0. The van der Waals surface area contributed by atoms with Gasteiger partial charge in [0.1, 0.15) is 0 Å². The van der Waals surface area contributed by atoms with Gasteiger partial charge in [-0.1, -0.05) is 13.3 Å². The molecule has 0 saturated carbocycles. The summed E-state index contributed by atoms with van der Waals surface area (Å²) in [4.78, 5) is 18.1. The monoisotopic (exact) mass is 398 g/mol. The molecule has 0 fully saturated rings. The molecule has 0 bridgehead atoms. The zero-order valence-electron chi connectivity index (χ0n) is 13.4. The Labute approximate surface area is 141 Å². The smallest absolute Gasteiger partial charge is 0.224 e. The Kier molecular flexibility index (Phi) is 16.2. The molecule has 0 spiro atoms. The van der Waals surface area contributed by atoms with Crippen LogP contribution in [-0.4, -0.2) is 49.5 Å². The van der Waals surface area contributed by atoms with Gasteiger partial charge < -0.3 is 15.5 Å². The van der Waals surface area contributed by atoms with Gasteiger partial charge in [-0.25, -0.2) is 0 Å². The van der Waals surface area contributed by atoms with E-state index in [4.69, 9.17) is 0 Å². The Morgan fingerprint density at radius 1 is 1.10 bits per heavy atom. The van der Waals surface area contributed by atoms with Crippen molar-refractivity contribution in [1.29, 1.82) is 0 Å². The molecule has 0 heterocycles. The zero-order valence-corrected chi connectivity index (χ0v) is 15.7. The van der Waals surface area contributed by atoms with Crippen molar-refractivity contribution < 1.29 is 4.79 Å². The predicted molar refractivity (Wildman–Crippen MR) is 96.8 cm³/mol. The molecule has 0 aromatic carbocycles. The summed E-state index contributed by atoms with van der Waals surface area (Å²) in [5.74, 6) is 1.00. The third-order valence-electron chi connectivity index (χ3n) is 2.87. The maximum atomic E-state index is 11.8. The minimum Gasteiger partial charge on any atom is -0.357 e. The Balaban J connectivity index is 0. The van der Waals surface area contributed by atoms with Crippen LogP contribution in [0.2, 0.25) is 0 Å². The third kappa shape index (κ3) is 10.3. The first-order valence-corrected chi connectivity index (χ1v) is 7.49. The Morgan fingerprint density at radius 2 is 1.75 bits per heavy atom. The maximum absolute atomic E-state index is 11.8. The van der Waals surface area contributed by atoms with Gasteiger partial charge >= 0.3 is 0 Å². The second-order valence-electron chi connectivity index (χ2n) is 4.36. The molecule has 0 unspecified atom stereocenters. The normalized spacial score (nSPS) is 10.7. The van der Waals surface area contributed by atoms with Gasteiger partial charge in [-0.3, -0.25) is 9.79 Å². The van der Waals surface area contributed by atoms with E-state index in [0.29, 0.717) is 13.0 Å². The number of rotatable bonds is 9. The van der Waals surface area contributed by atoms with Gasteiger partial charge in [-0.15, -0.1) is 24.0 Å². The van der Waals surface area contributed by atoms with Crippen LogP contribution < -0.4 is 10.6 Å². The van der Waals surface area contributed by atoms with Gasteiger partial charge in [-0.05, 0) is 27.2 Å². The fraction of sp³-hybridized carbons (Fsp3) is 0.857. The number of carbonyl (C=O) groups is 1. The topological polar surface area (TPSA) is 56.7 Å². The summed E-state index contributed by atoms with van der Waals surface area (Å²) in [5, 5.41) is 6.39. The highest BCUT2D eigenvalue weighted by atomic mass is 127. The third-order valence-corrected chi connectivity index (χ3v) is 2.87. The molecule has 0 aromatic heterocycles. The van der Waals surface area contributed by atoms with Crippen LogP contribution in [0.15, 0.2) is 4.99 Å². The van der Waals surface area contributed by atoms with Crippen LogP contribution in [0.3, 0.4) is 0 Å². The average molecular weight is 398 g/mol. The van der Waals surface area contributed by atoms with E-state index >= 15 is 0 Å². The summed E-state index contributed by atoms with van der Waals surface area (Å²) < 4.78 is 0. The van der Waals surface area contributed by atoms with Crippen molar-refractivity contribution >= 4 is 35.8 Å². The first-order valence-electron chi connectivity index (χ1n) is 7.49. The number of halogens is 1. The van der Waals surface area contributed by atoms with E-state index < -0.39 is 0 Å². The SMILES string of the molecule is CCCCN=C(NCC)NCCC(=O)N(CC)CC.I. The lowest BCUT2D eigenvalue weighted by Crippen LogP contribution is -2.40. The van der Waals surface area contributed by atoms with E-state index in [9.17, 15) is 4.79 Å². The summed E-state index contributed by atoms with van der Waals surface area (Å²) in [6, 6.07) is 0. The number of hydrogen-bond acceptors (Lipinski definition) is 2. The molecule has 1 amide bonds.